The van der Waals surface area contributed by atoms with Crippen LogP contribution in [0.1, 0.15) is 31.4 Å². The van der Waals surface area contributed by atoms with Gasteiger partial charge >= 0.3 is 0 Å². The highest BCUT2D eigenvalue weighted by Gasteiger charge is 2.27. The number of piperidine rings is 1. The van der Waals surface area contributed by atoms with Crippen molar-refractivity contribution in [1.82, 2.24) is 14.8 Å². The Balaban J connectivity index is 1.54. The smallest absolute Gasteiger partial charge is 0.236 e. The van der Waals surface area contributed by atoms with E-state index in [2.05, 4.69) is 16.8 Å². The van der Waals surface area contributed by atoms with E-state index in [1.807, 2.05) is 17.0 Å². The predicted molar refractivity (Wildman–Crippen MR) is 84.3 cm³/mol. The predicted octanol–water partition coefficient (Wildman–Crippen LogP) is 1.71. The van der Waals surface area contributed by atoms with Crippen LogP contribution in [0.5, 0.6) is 0 Å². The second kappa shape index (κ2) is 7.20. The zero-order valence-electron chi connectivity index (χ0n) is 13.3. The van der Waals surface area contributed by atoms with Gasteiger partial charge in [-0.25, -0.2) is 0 Å². The molecule has 2 aliphatic rings. The summed E-state index contributed by atoms with van der Waals surface area (Å²) in [5.74, 6) is 1.03. The van der Waals surface area contributed by atoms with Crippen molar-refractivity contribution < 1.29 is 9.53 Å². The fourth-order valence-electron chi connectivity index (χ4n) is 3.17. The van der Waals surface area contributed by atoms with Crippen molar-refractivity contribution in [2.45, 2.75) is 25.9 Å². The number of amides is 1. The molecule has 2 aliphatic heterocycles. The highest BCUT2D eigenvalue weighted by Crippen LogP contribution is 2.22. The number of aromatic nitrogens is 1. The van der Waals surface area contributed by atoms with Gasteiger partial charge < -0.3 is 9.64 Å². The van der Waals surface area contributed by atoms with Crippen molar-refractivity contribution >= 4 is 5.91 Å². The van der Waals surface area contributed by atoms with Crippen LogP contribution in [0.25, 0.3) is 0 Å². The molecule has 0 N–H and O–H groups in total. The summed E-state index contributed by atoms with van der Waals surface area (Å²) >= 11 is 0. The molecule has 0 spiro atoms. The fourth-order valence-corrected chi connectivity index (χ4v) is 3.17. The monoisotopic (exact) mass is 303 g/mol. The van der Waals surface area contributed by atoms with E-state index < -0.39 is 0 Å². The molecule has 0 unspecified atom stereocenters. The Labute approximate surface area is 132 Å². The zero-order valence-corrected chi connectivity index (χ0v) is 13.3. The van der Waals surface area contributed by atoms with Crippen LogP contribution in [-0.4, -0.2) is 60.0 Å². The Morgan fingerprint density at radius 1 is 1.27 bits per heavy atom. The zero-order chi connectivity index (χ0) is 15.4. The molecular weight excluding hydrogens is 278 g/mol. The van der Waals surface area contributed by atoms with Gasteiger partial charge in [0.15, 0.2) is 0 Å². The third kappa shape index (κ3) is 3.84. The molecule has 0 radical (unpaired) electrons. The van der Waals surface area contributed by atoms with Crippen LogP contribution in [0, 0.1) is 5.92 Å². The van der Waals surface area contributed by atoms with Crippen molar-refractivity contribution in [3.05, 3.63) is 30.1 Å². The summed E-state index contributed by atoms with van der Waals surface area (Å²) in [5.41, 5.74) is 1.10. The molecule has 2 fully saturated rings. The molecule has 0 saturated carbocycles. The van der Waals surface area contributed by atoms with Gasteiger partial charge in [0.2, 0.25) is 5.91 Å². The van der Waals surface area contributed by atoms with Crippen LogP contribution in [0.15, 0.2) is 24.5 Å². The minimum atomic E-state index is -0.0259. The van der Waals surface area contributed by atoms with Crippen molar-refractivity contribution in [3.8, 4) is 0 Å². The summed E-state index contributed by atoms with van der Waals surface area (Å²) in [4.78, 5) is 20.8. The SMILES string of the molecule is CC1CCN(CC(=O)N2CCO[C@H](c3ccncc3)C2)CC1. The molecule has 5 heteroatoms. The lowest BCUT2D eigenvalue weighted by Gasteiger charge is -2.36. The van der Waals surface area contributed by atoms with Crippen LogP contribution in [0.3, 0.4) is 0 Å². The van der Waals surface area contributed by atoms with Gasteiger partial charge in [0, 0.05) is 18.9 Å². The first-order chi connectivity index (χ1) is 10.7. The third-order valence-electron chi connectivity index (χ3n) is 4.73. The lowest BCUT2D eigenvalue weighted by molar-refractivity contribution is -0.140. The maximum atomic E-state index is 12.5. The standard InChI is InChI=1S/C17H25N3O2/c1-14-4-8-19(9-5-14)13-17(21)20-10-11-22-16(12-20)15-2-6-18-7-3-15/h2-3,6-7,14,16H,4-5,8-13H2,1H3/t16-/m0/s1. The van der Waals surface area contributed by atoms with Crippen LogP contribution in [0.2, 0.25) is 0 Å². The molecule has 1 aromatic rings. The molecule has 0 aromatic carbocycles. The molecule has 2 saturated heterocycles. The average molecular weight is 303 g/mol. The molecule has 0 aliphatic carbocycles. The summed E-state index contributed by atoms with van der Waals surface area (Å²) < 4.78 is 5.81. The largest absolute Gasteiger partial charge is 0.370 e. The molecule has 22 heavy (non-hydrogen) atoms. The molecule has 1 amide bonds. The Morgan fingerprint density at radius 3 is 2.73 bits per heavy atom. The van der Waals surface area contributed by atoms with E-state index in [4.69, 9.17) is 4.74 Å². The van der Waals surface area contributed by atoms with Crippen molar-refractivity contribution in [1.29, 1.82) is 0 Å². The van der Waals surface area contributed by atoms with Gasteiger partial charge in [-0.05, 0) is 49.5 Å². The Morgan fingerprint density at radius 2 is 2.00 bits per heavy atom. The highest BCUT2D eigenvalue weighted by atomic mass is 16.5. The number of nitrogens with zero attached hydrogens (tertiary/aromatic N) is 3. The van der Waals surface area contributed by atoms with Gasteiger partial charge in [-0.3, -0.25) is 14.7 Å². The van der Waals surface area contributed by atoms with E-state index in [1.165, 1.54) is 12.8 Å². The van der Waals surface area contributed by atoms with Crippen molar-refractivity contribution in [2.75, 3.05) is 39.3 Å². The highest BCUT2D eigenvalue weighted by molar-refractivity contribution is 5.78. The van der Waals surface area contributed by atoms with Gasteiger partial charge in [-0.15, -0.1) is 0 Å². The van der Waals surface area contributed by atoms with Crippen LogP contribution in [-0.2, 0) is 9.53 Å². The van der Waals surface area contributed by atoms with E-state index in [0.717, 1.165) is 24.6 Å². The van der Waals surface area contributed by atoms with Crippen molar-refractivity contribution in [2.24, 2.45) is 5.92 Å². The Kier molecular flexibility index (Phi) is 5.05. The molecular formula is C17H25N3O2. The normalized spacial score (nSPS) is 24.4. The van der Waals surface area contributed by atoms with E-state index in [-0.39, 0.29) is 12.0 Å². The number of pyridine rings is 1. The van der Waals surface area contributed by atoms with Gasteiger partial charge in [0.1, 0.15) is 6.10 Å². The number of ether oxygens (including phenoxy) is 1. The lowest BCUT2D eigenvalue weighted by Crippen LogP contribution is -2.47. The third-order valence-corrected chi connectivity index (χ3v) is 4.73. The number of rotatable bonds is 3. The lowest BCUT2D eigenvalue weighted by atomic mass is 9.99. The maximum absolute atomic E-state index is 12.5. The van der Waals surface area contributed by atoms with Gasteiger partial charge in [0.05, 0.1) is 19.7 Å². The summed E-state index contributed by atoms with van der Waals surface area (Å²) in [6.45, 7) is 6.89. The van der Waals surface area contributed by atoms with E-state index in [0.29, 0.717) is 26.2 Å². The average Bonchev–Trinajstić information content (AvgIpc) is 2.58. The first kappa shape index (κ1) is 15.4. The number of likely N-dealkylation sites (tertiary alicyclic amines) is 1. The Bertz CT molecular complexity index is 486. The van der Waals surface area contributed by atoms with Crippen LogP contribution < -0.4 is 0 Å². The first-order valence-electron chi connectivity index (χ1n) is 8.24. The minimum absolute atomic E-state index is 0.0259. The van der Waals surface area contributed by atoms with Crippen LogP contribution >= 0.6 is 0 Å². The molecule has 1 aromatic heterocycles. The maximum Gasteiger partial charge on any atom is 0.236 e. The second-order valence-electron chi connectivity index (χ2n) is 6.44. The molecule has 0 bridgehead atoms. The number of carbonyl (C=O) groups is 1. The van der Waals surface area contributed by atoms with Crippen LogP contribution in [0.4, 0.5) is 0 Å². The van der Waals surface area contributed by atoms with Gasteiger partial charge in [-0.2, -0.15) is 0 Å². The number of carbonyl (C=O) groups excluding carboxylic acids is 1. The first-order valence-corrected chi connectivity index (χ1v) is 8.24. The number of hydrogen-bond donors (Lipinski definition) is 0. The molecule has 5 nitrogen and oxygen atoms in total. The number of morpholine rings is 1. The fraction of sp³-hybridized carbons (Fsp3) is 0.647. The topological polar surface area (TPSA) is 45.7 Å². The summed E-state index contributed by atoms with van der Waals surface area (Å²) in [7, 11) is 0. The minimum Gasteiger partial charge on any atom is -0.370 e. The van der Waals surface area contributed by atoms with E-state index in [9.17, 15) is 4.79 Å². The van der Waals surface area contributed by atoms with E-state index in [1.54, 1.807) is 12.4 Å². The number of hydrogen-bond acceptors (Lipinski definition) is 4. The van der Waals surface area contributed by atoms with Gasteiger partial charge in [0.25, 0.3) is 0 Å². The molecule has 3 heterocycles. The summed E-state index contributed by atoms with van der Waals surface area (Å²) in [6, 6.07) is 3.93. The molecule has 1 atom stereocenters. The molecule has 120 valence electrons. The van der Waals surface area contributed by atoms with Crippen molar-refractivity contribution in [3.63, 3.8) is 0 Å². The Hall–Kier alpha value is -1.46. The van der Waals surface area contributed by atoms with Gasteiger partial charge in [-0.1, -0.05) is 6.92 Å². The molecule has 3 rings (SSSR count). The second-order valence-corrected chi connectivity index (χ2v) is 6.44. The quantitative estimate of drug-likeness (QED) is 0.853. The van der Waals surface area contributed by atoms with E-state index >= 15 is 0 Å². The summed E-state index contributed by atoms with van der Waals surface area (Å²) in [6.07, 6.45) is 5.93. The summed E-state index contributed by atoms with van der Waals surface area (Å²) in [5, 5.41) is 0.